The number of carbonyl (C=O) groups excluding carboxylic acids is 3. The zero-order chi connectivity index (χ0) is 54.3. The van der Waals surface area contributed by atoms with Gasteiger partial charge in [0.1, 0.15) is 13.2 Å². The summed E-state index contributed by atoms with van der Waals surface area (Å²) in [6, 6.07) is 0. The highest BCUT2D eigenvalue weighted by Crippen LogP contribution is 2.16. The summed E-state index contributed by atoms with van der Waals surface area (Å²) in [5, 5.41) is 0. The van der Waals surface area contributed by atoms with E-state index in [4.69, 9.17) is 14.2 Å². The molecule has 0 aliphatic rings. The van der Waals surface area contributed by atoms with E-state index in [1.54, 1.807) is 0 Å². The maximum atomic E-state index is 12.9. The van der Waals surface area contributed by atoms with Crippen LogP contribution in [-0.4, -0.2) is 37.2 Å². The summed E-state index contributed by atoms with van der Waals surface area (Å²) in [4.78, 5) is 38.2. The second-order valence-corrected chi connectivity index (χ2v) is 21.3. The van der Waals surface area contributed by atoms with Crippen LogP contribution in [0.3, 0.4) is 0 Å². The van der Waals surface area contributed by atoms with Gasteiger partial charge >= 0.3 is 17.9 Å². The fourth-order valence-corrected chi connectivity index (χ4v) is 9.09. The molecular weight excluding hydrogens is 925 g/mol. The summed E-state index contributed by atoms with van der Waals surface area (Å²) in [5.41, 5.74) is 0. The molecule has 0 spiro atoms. The van der Waals surface area contributed by atoms with Crippen LogP contribution < -0.4 is 0 Å². The lowest BCUT2D eigenvalue weighted by atomic mass is 10.0. The Morgan fingerprint density at radius 3 is 0.827 bits per heavy atom. The van der Waals surface area contributed by atoms with Crippen LogP contribution in [0.15, 0.2) is 85.1 Å². The fraction of sp³-hybridized carbons (Fsp3) is 0.754. The lowest BCUT2D eigenvalue weighted by Crippen LogP contribution is -2.30. The van der Waals surface area contributed by atoms with Crippen molar-refractivity contribution in [3.05, 3.63) is 85.1 Å². The molecule has 432 valence electrons. The molecule has 0 rings (SSSR count). The molecule has 0 aliphatic carbocycles. The molecule has 75 heavy (non-hydrogen) atoms. The van der Waals surface area contributed by atoms with E-state index in [-0.39, 0.29) is 31.1 Å². The number of esters is 3. The average Bonchev–Trinajstić information content (AvgIpc) is 3.41. The minimum atomic E-state index is -0.782. The van der Waals surface area contributed by atoms with E-state index in [9.17, 15) is 14.4 Å². The number of hydrogen-bond acceptors (Lipinski definition) is 6. The molecule has 0 radical (unpaired) electrons. The first-order chi connectivity index (χ1) is 37.0. The summed E-state index contributed by atoms with van der Waals surface area (Å²) in [7, 11) is 0. The molecule has 0 aromatic carbocycles. The largest absolute Gasteiger partial charge is 0.462 e. The first-order valence-corrected chi connectivity index (χ1v) is 32.1. The third-order valence-corrected chi connectivity index (χ3v) is 13.9. The van der Waals surface area contributed by atoms with Crippen LogP contribution in [0.5, 0.6) is 0 Å². The molecule has 6 heteroatoms. The first-order valence-electron chi connectivity index (χ1n) is 32.1. The molecular formula is C69H120O6. The van der Waals surface area contributed by atoms with Crippen LogP contribution in [0.2, 0.25) is 0 Å². The number of rotatable bonds is 58. The number of carbonyl (C=O) groups is 3. The van der Waals surface area contributed by atoms with Crippen LogP contribution >= 0.6 is 0 Å². The smallest absolute Gasteiger partial charge is 0.306 e. The van der Waals surface area contributed by atoms with Crippen molar-refractivity contribution >= 4 is 17.9 Å². The Bertz CT molecular complexity index is 1430. The Labute approximate surface area is 465 Å². The van der Waals surface area contributed by atoms with Crippen molar-refractivity contribution in [1.82, 2.24) is 0 Å². The number of allylic oxidation sites excluding steroid dienone is 14. The molecule has 6 nitrogen and oxygen atoms in total. The van der Waals surface area contributed by atoms with Crippen molar-refractivity contribution in [3.8, 4) is 0 Å². The van der Waals surface area contributed by atoms with Crippen molar-refractivity contribution < 1.29 is 28.6 Å². The first kappa shape index (κ1) is 71.6. The summed E-state index contributed by atoms with van der Waals surface area (Å²) in [5.74, 6) is -0.886. The molecule has 0 heterocycles. The van der Waals surface area contributed by atoms with Gasteiger partial charge in [0, 0.05) is 19.3 Å². The quantitative estimate of drug-likeness (QED) is 0.0261. The number of ether oxygens (including phenoxy) is 3. The monoisotopic (exact) mass is 1040 g/mol. The topological polar surface area (TPSA) is 78.9 Å². The zero-order valence-electron chi connectivity index (χ0n) is 49.6. The van der Waals surface area contributed by atoms with Gasteiger partial charge in [-0.3, -0.25) is 14.4 Å². The van der Waals surface area contributed by atoms with Crippen LogP contribution in [0, 0.1) is 0 Å². The zero-order valence-corrected chi connectivity index (χ0v) is 49.6. The number of hydrogen-bond donors (Lipinski definition) is 0. The van der Waals surface area contributed by atoms with Gasteiger partial charge in [-0.25, -0.2) is 0 Å². The Morgan fingerprint density at radius 2 is 0.520 bits per heavy atom. The maximum absolute atomic E-state index is 12.9. The van der Waals surface area contributed by atoms with Crippen LogP contribution in [0.1, 0.15) is 316 Å². The average molecular weight is 1050 g/mol. The minimum Gasteiger partial charge on any atom is -0.462 e. The van der Waals surface area contributed by atoms with Gasteiger partial charge in [-0.2, -0.15) is 0 Å². The third kappa shape index (κ3) is 61.3. The van der Waals surface area contributed by atoms with Crippen molar-refractivity contribution in [1.29, 1.82) is 0 Å². The van der Waals surface area contributed by atoms with Gasteiger partial charge in [0.25, 0.3) is 0 Å². The summed E-state index contributed by atoms with van der Waals surface area (Å²) in [6.07, 6.45) is 83.1. The Kier molecular flexibility index (Phi) is 60.3. The van der Waals surface area contributed by atoms with Gasteiger partial charge in [-0.15, -0.1) is 0 Å². The van der Waals surface area contributed by atoms with Gasteiger partial charge in [0.2, 0.25) is 0 Å². The highest BCUT2D eigenvalue weighted by Gasteiger charge is 2.19. The van der Waals surface area contributed by atoms with Gasteiger partial charge < -0.3 is 14.2 Å². The van der Waals surface area contributed by atoms with Gasteiger partial charge in [-0.05, 0) is 96.3 Å². The molecule has 0 bridgehead atoms. The molecule has 0 saturated heterocycles. The second-order valence-electron chi connectivity index (χ2n) is 21.3. The highest BCUT2D eigenvalue weighted by molar-refractivity contribution is 5.71. The van der Waals surface area contributed by atoms with E-state index >= 15 is 0 Å². The molecule has 0 saturated carbocycles. The molecule has 0 N–H and O–H groups in total. The van der Waals surface area contributed by atoms with Gasteiger partial charge in [0.15, 0.2) is 6.10 Å². The van der Waals surface area contributed by atoms with E-state index in [1.165, 1.54) is 167 Å². The van der Waals surface area contributed by atoms with Crippen molar-refractivity contribution in [3.63, 3.8) is 0 Å². The molecule has 0 amide bonds. The van der Waals surface area contributed by atoms with E-state index < -0.39 is 6.10 Å². The summed E-state index contributed by atoms with van der Waals surface area (Å²) < 4.78 is 16.9. The standard InChI is InChI=1S/C69H120O6/c1-4-7-10-13-16-19-21-23-25-27-29-31-33-34-36-37-39-41-43-45-47-50-53-56-59-62-68(71)74-65-66(64-73-67(70)61-58-55-52-49-18-15-12-9-6-3)75-69(72)63-60-57-54-51-48-46-44-42-40-38-35-32-30-28-26-24-22-20-17-14-11-8-5-2/h7,10,16,19,23,25,28-31,34,36,39,41,66H,4-6,8-9,11-15,17-18,20-22,24,26-27,32-33,35,37-38,40,42-65H2,1-3H3/b10-7-,19-16-,25-23-,30-28-,31-29-,36-34-,41-39-. The van der Waals surface area contributed by atoms with E-state index in [1.807, 2.05) is 0 Å². The number of unbranched alkanes of at least 4 members (excludes halogenated alkanes) is 33. The Balaban J connectivity index is 4.25. The second kappa shape index (κ2) is 63.1. The third-order valence-electron chi connectivity index (χ3n) is 13.9. The summed E-state index contributed by atoms with van der Waals surface area (Å²) >= 11 is 0. The predicted octanol–water partition coefficient (Wildman–Crippen LogP) is 21.9. The molecule has 0 aromatic rings. The fourth-order valence-electron chi connectivity index (χ4n) is 9.09. The lowest BCUT2D eigenvalue weighted by molar-refractivity contribution is -0.167. The Hall–Kier alpha value is -3.41. The molecule has 0 fully saturated rings. The molecule has 0 aliphatic heterocycles. The van der Waals surface area contributed by atoms with Crippen molar-refractivity contribution in [2.24, 2.45) is 0 Å². The van der Waals surface area contributed by atoms with Crippen LogP contribution in [0.4, 0.5) is 0 Å². The van der Waals surface area contributed by atoms with Crippen molar-refractivity contribution in [2.45, 2.75) is 322 Å². The predicted molar refractivity (Wildman–Crippen MR) is 325 cm³/mol. The van der Waals surface area contributed by atoms with Crippen LogP contribution in [0.25, 0.3) is 0 Å². The molecule has 0 aromatic heterocycles. The lowest BCUT2D eigenvalue weighted by Gasteiger charge is -2.18. The van der Waals surface area contributed by atoms with E-state index in [2.05, 4.69) is 106 Å². The van der Waals surface area contributed by atoms with Crippen LogP contribution in [-0.2, 0) is 28.6 Å². The SMILES string of the molecule is CC/C=C\C/C=C\C/C=C\C/C=C\C/C=C\C/C=C\CCCCCCCCC(=O)OCC(COC(=O)CCCCCCCCCCC)OC(=O)CCCCCCCCCCCCC/C=C\CCCCCCCCCC. The Morgan fingerprint density at radius 1 is 0.280 bits per heavy atom. The van der Waals surface area contributed by atoms with Gasteiger partial charge in [0.05, 0.1) is 0 Å². The van der Waals surface area contributed by atoms with Crippen molar-refractivity contribution in [2.75, 3.05) is 13.2 Å². The van der Waals surface area contributed by atoms with E-state index in [0.717, 1.165) is 109 Å². The minimum absolute atomic E-state index is 0.0791. The molecule has 1 unspecified atom stereocenters. The summed E-state index contributed by atoms with van der Waals surface area (Å²) in [6.45, 7) is 6.52. The van der Waals surface area contributed by atoms with Gasteiger partial charge in [-0.1, -0.05) is 286 Å². The normalized spacial score (nSPS) is 12.6. The van der Waals surface area contributed by atoms with E-state index in [0.29, 0.717) is 19.3 Å². The molecule has 1 atom stereocenters. The highest BCUT2D eigenvalue weighted by atomic mass is 16.6. The maximum Gasteiger partial charge on any atom is 0.306 e.